The molecule has 0 bridgehead atoms. The van der Waals surface area contributed by atoms with Crippen LogP contribution in [0.3, 0.4) is 0 Å². The van der Waals surface area contributed by atoms with Crippen LogP contribution in [0.1, 0.15) is 49.3 Å². The summed E-state index contributed by atoms with van der Waals surface area (Å²) in [6.07, 6.45) is 5.17. The van der Waals surface area contributed by atoms with Crippen LogP contribution in [0.15, 0.2) is 91.0 Å². The number of carbonyl (C=O) groups is 1. The maximum absolute atomic E-state index is 13.2. The zero-order valence-electron chi connectivity index (χ0n) is 22.9. The smallest absolute Gasteiger partial charge is 0.230 e. The minimum absolute atomic E-state index is 0.0923. The van der Waals surface area contributed by atoms with Gasteiger partial charge in [-0.2, -0.15) is 0 Å². The lowest BCUT2D eigenvalue weighted by molar-refractivity contribution is -0.118. The highest BCUT2D eigenvalue weighted by Crippen LogP contribution is 2.48. The molecule has 1 aliphatic heterocycles. The Balaban J connectivity index is 1.41. The second-order valence-electron chi connectivity index (χ2n) is 10.2. The largest absolute Gasteiger partial charge is 0.354 e. The highest BCUT2D eigenvalue weighted by atomic mass is 32.2. The summed E-state index contributed by atoms with van der Waals surface area (Å²) in [5.74, 6) is 0.481. The van der Waals surface area contributed by atoms with Gasteiger partial charge < -0.3 is 15.1 Å². The Morgan fingerprint density at radius 2 is 1.32 bits per heavy atom. The molecule has 1 heterocycles. The zero-order valence-corrected chi connectivity index (χ0v) is 23.7. The van der Waals surface area contributed by atoms with Crippen LogP contribution < -0.4 is 5.32 Å². The first-order valence-corrected chi connectivity index (χ1v) is 15.2. The molecule has 38 heavy (non-hydrogen) atoms. The van der Waals surface area contributed by atoms with Gasteiger partial charge in [0.2, 0.25) is 5.91 Å². The average Bonchev–Trinajstić information content (AvgIpc) is 2.98. The molecule has 202 valence electrons. The molecule has 1 aliphatic rings. The van der Waals surface area contributed by atoms with Crippen LogP contribution in [0.5, 0.6) is 0 Å². The molecular formula is C33H43N3OS. The first kappa shape index (κ1) is 28.4. The Morgan fingerprint density at radius 3 is 1.82 bits per heavy atom. The third kappa shape index (κ3) is 7.72. The van der Waals surface area contributed by atoms with Crippen molar-refractivity contribution in [2.75, 3.05) is 51.6 Å². The molecule has 0 aromatic heterocycles. The highest BCUT2D eigenvalue weighted by Gasteiger charge is 2.37. The third-order valence-electron chi connectivity index (χ3n) is 7.43. The van der Waals surface area contributed by atoms with E-state index in [2.05, 4.69) is 113 Å². The molecule has 3 aromatic rings. The molecule has 3 aromatic carbocycles. The second kappa shape index (κ2) is 15.1. The monoisotopic (exact) mass is 529 g/mol. The Morgan fingerprint density at radius 1 is 0.789 bits per heavy atom. The number of hydrogen-bond donors (Lipinski definition) is 1. The summed E-state index contributed by atoms with van der Waals surface area (Å²) in [7, 11) is 0. The van der Waals surface area contributed by atoms with Crippen molar-refractivity contribution in [3.8, 4) is 0 Å². The van der Waals surface area contributed by atoms with Crippen LogP contribution >= 0.6 is 11.8 Å². The minimum atomic E-state index is -0.468. The van der Waals surface area contributed by atoms with E-state index in [9.17, 15) is 4.79 Å². The molecule has 0 unspecified atom stereocenters. The van der Waals surface area contributed by atoms with Gasteiger partial charge in [0.1, 0.15) is 0 Å². The maximum atomic E-state index is 13.2. The van der Waals surface area contributed by atoms with Gasteiger partial charge in [0.05, 0.1) is 10.5 Å². The Labute approximate surface area is 233 Å². The van der Waals surface area contributed by atoms with Gasteiger partial charge in [0.15, 0.2) is 0 Å². The molecule has 0 aliphatic carbocycles. The van der Waals surface area contributed by atoms with Crippen LogP contribution in [0.4, 0.5) is 0 Å². The zero-order chi connectivity index (χ0) is 26.5. The SMILES string of the molecule is CCCN(CCNC(=O)CSC(c1ccccc1)(c1ccccc1)c1ccccc1)CCN1CCCCC1. The molecule has 1 fully saturated rings. The van der Waals surface area contributed by atoms with E-state index in [1.54, 1.807) is 11.8 Å². The summed E-state index contributed by atoms with van der Waals surface area (Å²) in [6, 6.07) is 31.7. The van der Waals surface area contributed by atoms with Crippen molar-refractivity contribution >= 4 is 17.7 Å². The number of rotatable bonds is 14. The number of thioether (sulfide) groups is 1. The fraction of sp³-hybridized carbons (Fsp3) is 0.424. The summed E-state index contributed by atoms with van der Waals surface area (Å²) in [5, 5.41) is 3.22. The average molecular weight is 530 g/mol. The molecule has 0 saturated carbocycles. The van der Waals surface area contributed by atoms with Crippen LogP contribution in [0.25, 0.3) is 0 Å². The number of carbonyl (C=O) groups excluding carboxylic acids is 1. The molecule has 4 rings (SSSR count). The number of piperidine rings is 1. The summed E-state index contributed by atoms with van der Waals surface area (Å²) in [6.45, 7) is 9.60. The quantitative estimate of drug-likeness (QED) is 0.259. The predicted molar refractivity (Wildman–Crippen MR) is 162 cm³/mol. The Kier molecular flexibility index (Phi) is 11.3. The van der Waals surface area contributed by atoms with E-state index in [0.717, 1.165) is 32.6 Å². The lowest BCUT2D eigenvalue weighted by Crippen LogP contribution is -2.41. The molecule has 5 heteroatoms. The van der Waals surface area contributed by atoms with Gasteiger partial charge >= 0.3 is 0 Å². The van der Waals surface area contributed by atoms with Gasteiger partial charge in [-0.3, -0.25) is 4.79 Å². The first-order valence-electron chi connectivity index (χ1n) is 14.2. The molecule has 0 spiro atoms. The van der Waals surface area contributed by atoms with Crippen molar-refractivity contribution in [1.82, 2.24) is 15.1 Å². The Bertz CT molecular complexity index is 975. The van der Waals surface area contributed by atoms with E-state index in [-0.39, 0.29) is 5.91 Å². The van der Waals surface area contributed by atoms with Crippen molar-refractivity contribution in [1.29, 1.82) is 0 Å². The van der Waals surface area contributed by atoms with E-state index in [1.165, 1.54) is 49.0 Å². The standard InChI is InChI=1S/C33H43N3OS/c1-2-22-35(26-27-36-23-13-6-14-24-36)25-21-34-32(37)28-38-33(29-15-7-3-8-16-29,30-17-9-4-10-18-30)31-19-11-5-12-20-31/h3-5,7-12,15-20H,2,6,13-14,21-28H2,1H3,(H,34,37). The van der Waals surface area contributed by atoms with Gasteiger partial charge in [-0.25, -0.2) is 0 Å². The normalized spacial score (nSPS) is 14.5. The van der Waals surface area contributed by atoms with E-state index < -0.39 is 4.75 Å². The minimum Gasteiger partial charge on any atom is -0.354 e. The molecule has 4 nitrogen and oxygen atoms in total. The highest BCUT2D eigenvalue weighted by molar-refractivity contribution is 8.01. The number of amides is 1. The van der Waals surface area contributed by atoms with Gasteiger partial charge in [-0.15, -0.1) is 11.8 Å². The van der Waals surface area contributed by atoms with Crippen molar-refractivity contribution in [2.45, 2.75) is 37.4 Å². The van der Waals surface area contributed by atoms with Gasteiger partial charge in [-0.05, 0) is 55.6 Å². The van der Waals surface area contributed by atoms with Gasteiger partial charge in [-0.1, -0.05) is 104 Å². The number of hydrogen-bond acceptors (Lipinski definition) is 4. The van der Waals surface area contributed by atoms with Crippen LogP contribution in [0.2, 0.25) is 0 Å². The van der Waals surface area contributed by atoms with Gasteiger partial charge in [0.25, 0.3) is 0 Å². The van der Waals surface area contributed by atoms with Crippen LogP contribution in [-0.4, -0.2) is 67.3 Å². The van der Waals surface area contributed by atoms with E-state index >= 15 is 0 Å². The van der Waals surface area contributed by atoms with Crippen molar-refractivity contribution < 1.29 is 4.79 Å². The number of nitrogens with zero attached hydrogens (tertiary/aromatic N) is 2. The van der Waals surface area contributed by atoms with E-state index in [0.29, 0.717) is 12.3 Å². The second-order valence-corrected chi connectivity index (χ2v) is 11.4. The van der Waals surface area contributed by atoms with E-state index in [1.807, 2.05) is 0 Å². The fourth-order valence-corrected chi connectivity index (χ4v) is 6.82. The van der Waals surface area contributed by atoms with E-state index in [4.69, 9.17) is 0 Å². The van der Waals surface area contributed by atoms with Crippen molar-refractivity contribution in [3.05, 3.63) is 108 Å². The molecule has 1 amide bonds. The summed E-state index contributed by atoms with van der Waals surface area (Å²) < 4.78 is -0.468. The predicted octanol–water partition coefficient (Wildman–Crippen LogP) is 6.03. The first-order chi connectivity index (χ1) is 18.7. The summed E-state index contributed by atoms with van der Waals surface area (Å²) in [5.41, 5.74) is 3.55. The molecular weight excluding hydrogens is 486 g/mol. The lowest BCUT2D eigenvalue weighted by atomic mass is 9.84. The van der Waals surface area contributed by atoms with Crippen LogP contribution in [0, 0.1) is 0 Å². The number of benzene rings is 3. The number of likely N-dealkylation sites (tertiary alicyclic amines) is 1. The third-order valence-corrected chi connectivity index (χ3v) is 8.98. The molecule has 1 N–H and O–H groups in total. The van der Waals surface area contributed by atoms with Gasteiger partial charge in [0, 0.05) is 26.2 Å². The lowest BCUT2D eigenvalue weighted by Gasteiger charge is -2.35. The topological polar surface area (TPSA) is 35.6 Å². The fourth-order valence-electron chi connectivity index (χ4n) is 5.46. The number of nitrogens with one attached hydrogen (secondary N) is 1. The maximum Gasteiger partial charge on any atom is 0.230 e. The molecule has 0 atom stereocenters. The molecule has 1 saturated heterocycles. The summed E-state index contributed by atoms with van der Waals surface area (Å²) in [4.78, 5) is 18.3. The van der Waals surface area contributed by atoms with Crippen molar-refractivity contribution in [3.63, 3.8) is 0 Å². The Hall–Kier alpha value is -2.60. The van der Waals surface area contributed by atoms with Crippen LogP contribution in [-0.2, 0) is 9.54 Å². The summed E-state index contributed by atoms with van der Waals surface area (Å²) >= 11 is 1.70. The van der Waals surface area contributed by atoms with Crippen molar-refractivity contribution in [2.24, 2.45) is 0 Å². The molecule has 0 radical (unpaired) electrons.